The minimum Gasteiger partial charge on any atom is -0.303 e. The highest BCUT2D eigenvalue weighted by molar-refractivity contribution is 5.65. The second-order valence-corrected chi connectivity index (χ2v) is 11.2. The second kappa shape index (κ2) is 21.3. The van der Waals surface area contributed by atoms with Crippen molar-refractivity contribution in [1.29, 1.82) is 0 Å². The summed E-state index contributed by atoms with van der Waals surface area (Å²) in [4.78, 5) is 2.71. The Morgan fingerprint density at radius 2 is 1.11 bits per heavy atom. The minimum absolute atomic E-state index is 0.992. The van der Waals surface area contributed by atoms with Crippen molar-refractivity contribution in [2.45, 2.75) is 143 Å². The van der Waals surface area contributed by atoms with E-state index in [0.717, 1.165) is 18.7 Å². The number of aromatic nitrogens is 3. The van der Waals surface area contributed by atoms with Crippen LogP contribution in [0.5, 0.6) is 0 Å². The minimum atomic E-state index is 0.992. The van der Waals surface area contributed by atoms with E-state index in [2.05, 4.69) is 65.3 Å². The number of rotatable bonds is 24. The Hall–Kier alpha value is -1.68. The monoisotopic (exact) mass is 510 g/mol. The Morgan fingerprint density at radius 1 is 0.622 bits per heavy atom. The van der Waals surface area contributed by atoms with Crippen molar-refractivity contribution >= 4 is 0 Å². The summed E-state index contributed by atoms with van der Waals surface area (Å²) in [5.41, 5.74) is 4.68. The fourth-order valence-corrected chi connectivity index (χ4v) is 5.38. The van der Waals surface area contributed by atoms with Gasteiger partial charge in [0.1, 0.15) is 5.69 Å². The van der Waals surface area contributed by atoms with E-state index in [9.17, 15) is 0 Å². The smallest absolute Gasteiger partial charge is 0.116 e. The van der Waals surface area contributed by atoms with Gasteiger partial charge in [-0.25, -0.2) is 0 Å². The molecule has 0 spiro atoms. The third kappa shape index (κ3) is 14.2. The second-order valence-electron chi connectivity index (χ2n) is 11.2. The molecule has 0 amide bonds. The number of aromatic amines is 1. The van der Waals surface area contributed by atoms with E-state index in [1.165, 1.54) is 145 Å². The van der Waals surface area contributed by atoms with Gasteiger partial charge in [0.05, 0.1) is 5.69 Å². The highest BCUT2D eigenvalue weighted by atomic mass is 15.3. The zero-order valence-corrected chi connectivity index (χ0v) is 24.7. The van der Waals surface area contributed by atoms with Crippen LogP contribution in [0.15, 0.2) is 24.3 Å². The quantitative estimate of drug-likeness (QED) is 0.143. The van der Waals surface area contributed by atoms with Gasteiger partial charge in [-0.3, -0.25) is 5.10 Å². The van der Waals surface area contributed by atoms with Crippen LogP contribution in [-0.2, 0) is 6.42 Å². The standard InChI is InChI=1S/C33H58N4/c1-4-6-8-10-12-14-16-18-22-27-37(28-23-19-17-15-13-11-9-7-5-2)29-26-32-33(35-36-34-32)31-25-21-20-24-30(31)3/h20-21,24-25H,4-19,22-23,26-29H2,1-3H3,(H,34,35,36). The molecule has 1 heterocycles. The average molecular weight is 511 g/mol. The Morgan fingerprint density at radius 3 is 1.62 bits per heavy atom. The molecule has 2 rings (SSSR count). The van der Waals surface area contributed by atoms with Crippen molar-refractivity contribution in [2.75, 3.05) is 19.6 Å². The third-order valence-electron chi connectivity index (χ3n) is 7.85. The van der Waals surface area contributed by atoms with Gasteiger partial charge in [-0.2, -0.15) is 0 Å². The lowest BCUT2D eigenvalue weighted by Gasteiger charge is -2.22. The highest BCUT2D eigenvalue weighted by Gasteiger charge is 2.13. The molecule has 0 atom stereocenters. The lowest BCUT2D eigenvalue weighted by Crippen LogP contribution is -2.28. The van der Waals surface area contributed by atoms with E-state index in [0.29, 0.717) is 0 Å². The van der Waals surface area contributed by atoms with E-state index < -0.39 is 0 Å². The fourth-order valence-electron chi connectivity index (χ4n) is 5.38. The summed E-state index contributed by atoms with van der Waals surface area (Å²) in [5.74, 6) is 0. The zero-order valence-electron chi connectivity index (χ0n) is 24.7. The van der Waals surface area contributed by atoms with Crippen LogP contribution in [0.2, 0.25) is 0 Å². The van der Waals surface area contributed by atoms with E-state index in [-0.39, 0.29) is 0 Å². The number of nitrogens with one attached hydrogen (secondary N) is 1. The average Bonchev–Trinajstić information content (AvgIpc) is 3.38. The number of nitrogens with zero attached hydrogens (tertiary/aromatic N) is 3. The van der Waals surface area contributed by atoms with Crippen molar-refractivity contribution < 1.29 is 0 Å². The summed E-state index contributed by atoms with van der Waals surface area (Å²) in [6.45, 7) is 10.3. The van der Waals surface area contributed by atoms with Gasteiger partial charge in [0, 0.05) is 18.5 Å². The molecule has 0 saturated heterocycles. The van der Waals surface area contributed by atoms with Crippen molar-refractivity contribution in [3.05, 3.63) is 35.5 Å². The molecule has 210 valence electrons. The van der Waals surface area contributed by atoms with Crippen LogP contribution in [0.25, 0.3) is 11.3 Å². The molecule has 1 aromatic carbocycles. The van der Waals surface area contributed by atoms with Gasteiger partial charge in [0.25, 0.3) is 0 Å². The topological polar surface area (TPSA) is 44.8 Å². The molecule has 0 bridgehead atoms. The molecule has 1 N–H and O–H groups in total. The van der Waals surface area contributed by atoms with Crippen LogP contribution in [0.3, 0.4) is 0 Å². The number of unbranched alkanes of at least 4 members (excludes halogenated alkanes) is 16. The maximum atomic E-state index is 4.45. The molecule has 0 unspecified atom stereocenters. The number of H-pyrrole nitrogens is 1. The molecule has 4 nitrogen and oxygen atoms in total. The molecular formula is C33H58N4. The lowest BCUT2D eigenvalue weighted by molar-refractivity contribution is 0.262. The highest BCUT2D eigenvalue weighted by Crippen LogP contribution is 2.23. The van der Waals surface area contributed by atoms with E-state index >= 15 is 0 Å². The molecular weight excluding hydrogens is 452 g/mol. The molecule has 0 fully saturated rings. The van der Waals surface area contributed by atoms with Crippen LogP contribution < -0.4 is 0 Å². The zero-order chi connectivity index (χ0) is 26.4. The first kappa shape index (κ1) is 31.5. The molecule has 37 heavy (non-hydrogen) atoms. The van der Waals surface area contributed by atoms with E-state index in [1.807, 2.05) is 0 Å². The summed E-state index contributed by atoms with van der Waals surface area (Å²) >= 11 is 0. The van der Waals surface area contributed by atoms with Gasteiger partial charge in [-0.05, 0) is 38.4 Å². The molecule has 0 radical (unpaired) electrons. The summed E-state index contributed by atoms with van der Waals surface area (Å²) in [6.07, 6.45) is 26.1. The molecule has 0 aliphatic carbocycles. The molecule has 0 aliphatic rings. The van der Waals surface area contributed by atoms with Gasteiger partial charge >= 0.3 is 0 Å². The Labute approximate surface area is 229 Å². The van der Waals surface area contributed by atoms with Crippen LogP contribution in [0.4, 0.5) is 0 Å². The molecule has 0 saturated carbocycles. The number of hydrogen-bond acceptors (Lipinski definition) is 3. The van der Waals surface area contributed by atoms with Crippen LogP contribution in [0.1, 0.15) is 141 Å². The fraction of sp³-hybridized carbons (Fsp3) is 0.758. The van der Waals surface area contributed by atoms with Crippen molar-refractivity contribution in [3.63, 3.8) is 0 Å². The summed E-state index contributed by atoms with van der Waals surface area (Å²) in [5, 5.41) is 11.8. The first-order valence-electron chi connectivity index (χ1n) is 15.9. The SMILES string of the molecule is CCCCCCCCCCCN(CCCCCCCCCCC)CCc1[nH]nnc1-c1ccccc1C. The molecule has 4 heteroatoms. The summed E-state index contributed by atoms with van der Waals surface area (Å²) < 4.78 is 0. The largest absolute Gasteiger partial charge is 0.303 e. The molecule has 0 aliphatic heterocycles. The van der Waals surface area contributed by atoms with Crippen LogP contribution >= 0.6 is 0 Å². The first-order valence-corrected chi connectivity index (χ1v) is 15.9. The first-order chi connectivity index (χ1) is 18.3. The molecule has 2 aromatic rings. The normalized spacial score (nSPS) is 11.6. The van der Waals surface area contributed by atoms with Crippen LogP contribution in [-0.4, -0.2) is 39.9 Å². The Kier molecular flexibility index (Phi) is 18.1. The van der Waals surface area contributed by atoms with Gasteiger partial charge in [0.15, 0.2) is 0 Å². The predicted molar refractivity (Wildman–Crippen MR) is 161 cm³/mol. The van der Waals surface area contributed by atoms with Crippen molar-refractivity contribution in [3.8, 4) is 11.3 Å². The maximum absolute atomic E-state index is 4.45. The third-order valence-corrected chi connectivity index (χ3v) is 7.85. The van der Waals surface area contributed by atoms with Gasteiger partial charge in [-0.15, -0.1) is 5.10 Å². The molecule has 1 aromatic heterocycles. The van der Waals surface area contributed by atoms with Crippen molar-refractivity contribution in [1.82, 2.24) is 20.3 Å². The number of hydrogen-bond donors (Lipinski definition) is 1. The van der Waals surface area contributed by atoms with Crippen molar-refractivity contribution in [2.24, 2.45) is 0 Å². The van der Waals surface area contributed by atoms with Gasteiger partial charge in [0.2, 0.25) is 0 Å². The summed E-state index contributed by atoms with van der Waals surface area (Å²) in [6, 6.07) is 8.52. The number of benzene rings is 1. The van der Waals surface area contributed by atoms with E-state index in [1.54, 1.807) is 0 Å². The van der Waals surface area contributed by atoms with Gasteiger partial charge < -0.3 is 4.90 Å². The number of aryl methyl sites for hydroxylation is 1. The lowest BCUT2D eigenvalue weighted by atomic mass is 10.0. The maximum Gasteiger partial charge on any atom is 0.116 e. The predicted octanol–water partition coefficient (Wildman–Crippen LogP) is 9.69. The Balaban J connectivity index is 1.75. The Bertz CT molecular complexity index is 762. The van der Waals surface area contributed by atoms with Gasteiger partial charge in [-0.1, -0.05) is 146 Å². The summed E-state index contributed by atoms with van der Waals surface area (Å²) in [7, 11) is 0. The van der Waals surface area contributed by atoms with E-state index in [4.69, 9.17) is 0 Å². The van der Waals surface area contributed by atoms with Crippen LogP contribution in [0, 0.1) is 6.92 Å².